The minimum absolute atomic E-state index is 0.173. The lowest BCUT2D eigenvalue weighted by atomic mass is 10.1. The van der Waals surface area contributed by atoms with E-state index in [4.69, 9.17) is 6.57 Å². The van der Waals surface area contributed by atoms with E-state index in [1.54, 1.807) is 6.92 Å². The van der Waals surface area contributed by atoms with Crippen molar-refractivity contribution in [2.75, 3.05) is 0 Å². The van der Waals surface area contributed by atoms with Crippen molar-refractivity contribution < 1.29 is 26.0 Å². The summed E-state index contributed by atoms with van der Waals surface area (Å²) >= 11 is 0. The van der Waals surface area contributed by atoms with Gasteiger partial charge in [0.25, 0.3) is 5.03 Å². The molecule has 0 spiro atoms. The topological polar surface area (TPSA) is 38.5 Å². The maximum absolute atomic E-state index is 13.4. The van der Waals surface area contributed by atoms with Gasteiger partial charge < -0.3 is 0 Å². The average molecular weight is 369 g/mol. The van der Waals surface area contributed by atoms with Crippen LogP contribution in [0.2, 0.25) is 0 Å². The quantitative estimate of drug-likeness (QED) is 0.573. The first kappa shape index (κ1) is 18.7. The molecule has 0 aliphatic rings. The standard InChI is InChI=1S/C17H11F4NO2S/c1-11-3-5-15(6-4-11)25(23,24)16(22-2)9-12-7-13(17(19,20)21)10-14(18)8-12/h3-10H,1H3. The van der Waals surface area contributed by atoms with Gasteiger partial charge in [-0.15, -0.1) is 0 Å². The number of halogens is 4. The van der Waals surface area contributed by atoms with Gasteiger partial charge in [-0.3, -0.25) is 0 Å². The summed E-state index contributed by atoms with van der Waals surface area (Å²) in [5, 5.41) is -0.796. The summed E-state index contributed by atoms with van der Waals surface area (Å²) in [6.07, 6.45) is -4.07. The molecule has 3 nitrogen and oxygen atoms in total. The van der Waals surface area contributed by atoms with Crippen molar-refractivity contribution in [3.05, 3.63) is 81.4 Å². The second-order valence-electron chi connectivity index (χ2n) is 5.18. The monoisotopic (exact) mass is 369 g/mol. The molecule has 0 aromatic heterocycles. The Labute approximate surface area is 142 Å². The Kier molecular flexibility index (Phi) is 4.99. The van der Waals surface area contributed by atoms with Gasteiger partial charge in [-0.25, -0.2) is 17.7 Å². The predicted molar refractivity (Wildman–Crippen MR) is 84.3 cm³/mol. The van der Waals surface area contributed by atoms with Crippen molar-refractivity contribution in [1.82, 2.24) is 0 Å². The molecule has 0 N–H and O–H groups in total. The van der Waals surface area contributed by atoms with Gasteiger partial charge in [-0.2, -0.15) is 13.2 Å². The summed E-state index contributed by atoms with van der Waals surface area (Å²) < 4.78 is 76.5. The summed E-state index contributed by atoms with van der Waals surface area (Å²) in [5.41, 5.74) is -0.836. The Hall–Kier alpha value is -2.66. The van der Waals surface area contributed by atoms with Crippen LogP contribution in [0.1, 0.15) is 16.7 Å². The first-order valence-electron chi connectivity index (χ1n) is 6.83. The van der Waals surface area contributed by atoms with E-state index in [0.717, 1.165) is 17.7 Å². The zero-order valence-corrected chi connectivity index (χ0v) is 13.6. The predicted octanol–water partition coefficient (Wildman–Crippen LogP) is 4.84. The molecule has 0 fully saturated rings. The molecule has 0 unspecified atom stereocenters. The Morgan fingerprint density at radius 3 is 2.24 bits per heavy atom. The number of hydrogen-bond donors (Lipinski definition) is 0. The molecule has 2 aromatic carbocycles. The van der Waals surface area contributed by atoms with Gasteiger partial charge in [0.1, 0.15) is 5.82 Å². The molecule has 25 heavy (non-hydrogen) atoms. The van der Waals surface area contributed by atoms with Crippen LogP contribution >= 0.6 is 0 Å². The van der Waals surface area contributed by atoms with Crippen LogP contribution in [0.15, 0.2) is 52.4 Å². The van der Waals surface area contributed by atoms with Gasteiger partial charge in [0, 0.05) is 0 Å². The smallest absolute Gasteiger partial charge is 0.230 e. The van der Waals surface area contributed by atoms with Gasteiger partial charge >= 0.3 is 6.18 Å². The molecular formula is C17H11F4NO2S. The van der Waals surface area contributed by atoms with Crippen molar-refractivity contribution in [1.29, 1.82) is 0 Å². The first-order valence-corrected chi connectivity index (χ1v) is 8.31. The molecule has 0 atom stereocenters. The Morgan fingerprint density at radius 2 is 1.72 bits per heavy atom. The fourth-order valence-electron chi connectivity index (χ4n) is 2.01. The maximum Gasteiger partial charge on any atom is 0.416 e. The Morgan fingerprint density at radius 1 is 1.12 bits per heavy atom. The molecule has 130 valence electrons. The molecule has 2 aromatic rings. The first-order chi connectivity index (χ1) is 11.5. The molecule has 0 aliphatic carbocycles. The van der Waals surface area contributed by atoms with Gasteiger partial charge in [0.15, 0.2) is 0 Å². The van der Waals surface area contributed by atoms with E-state index >= 15 is 0 Å². The maximum atomic E-state index is 13.4. The van der Waals surface area contributed by atoms with E-state index in [1.165, 1.54) is 24.3 Å². The van der Waals surface area contributed by atoms with E-state index in [0.29, 0.717) is 12.1 Å². The lowest BCUT2D eigenvalue weighted by Crippen LogP contribution is -2.06. The third-order valence-corrected chi connectivity index (χ3v) is 4.91. The highest BCUT2D eigenvalue weighted by atomic mass is 32.2. The van der Waals surface area contributed by atoms with E-state index in [-0.39, 0.29) is 10.5 Å². The highest BCUT2D eigenvalue weighted by Crippen LogP contribution is 2.31. The number of rotatable bonds is 3. The molecule has 0 heterocycles. The summed E-state index contributed by atoms with van der Waals surface area (Å²) in [5.74, 6) is -1.18. The second-order valence-corrected chi connectivity index (χ2v) is 7.08. The Bertz CT molecular complexity index is 969. The minimum Gasteiger partial charge on any atom is -0.230 e. The van der Waals surface area contributed by atoms with Crippen molar-refractivity contribution >= 4 is 15.9 Å². The number of sulfone groups is 1. The van der Waals surface area contributed by atoms with Gasteiger partial charge in [0.05, 0.1) is 17.0 Å². The SMILES string of the molecule is [C-]#[N+]C(=Cc1cc(F)cc(C(F)(F)F)c1)S(=O)(=O)c1ccc(C)cc1. The van der Waals surface area contributed by atoms with Crippen LogP contribution < -0.4 is 0 Å². The highest BCUT2D eigenvalue weighted by Gasteiger charge is 2.31. The molecule has 0 amide bonds. The van der Waals surface area contributed by atoms with Crippen LogP contribution in [0, 0.1) is 19.3 Å². The molecular weight excluding hydrogens is 358 g/mol. The number of nitrogens with zero attached hydrogens (tertiary/aromatic N) is 1. The number of hydrogen-bond acceptors (Lipinski definition) is 2. The van der Waals surface area contributed by atoms with E-state index in [1.807, 2.05) is 0 Å². The third kappa shape index (κ3) is 4.25. The van der Waals surface area contributed by atoms with Crippen LogP contribution in [-0.4, -0.2) is 8.42 Å². The Balaban J connectivity index is 2.56. The van der Waals surface area contributed by atoms with Crippen LogP contribution in [0.5, 0.6) is 0 Å². The normalized spacial score (nSPS) is 12.7. The molecule has 0 bridgehead atoms. The van der Waals surface area contributed by atoms with Gasteiger partial charge in [-0.05, 0) is 48.9 Å². The van der Waals surface area contributed by atoms with Crippen molar-refractivity contribution in [3.63, 3.8) is 0 Å². The summed E-state index contributed by atoms with van der Waals surface area (Å²) in [6.45, 7) is 8.79. The highest BCUT2D eigenvalue weighted by molar-refractivity contribution is 7.95. The number of benzene rings is 2. The van der Waals surface area contributed by atoms with Crippen LogP contribution in [0.3, 0.4) is 0 Å². The third-order valence-electron chi connectivity index (χ3n) is 3.25. The minimum atomic E-state index is -4.79. The second kappa shape index (κ2) is 6.69. The molecule has 2 rings (SSSR count). The number of aryl methyl sites for hydroxylation is 1. The van der Waals surface area contributed by atoms with Crippen LogP contribution in [0.4, 0.5) is 17.6 Å². The fourth-order valence-corrected chi connectivity index (χ4v) is 3.16. The zero-order valence-electron chi connectivity index (χ0n) is 12.8. The summed E-state index contributed by atoms with van der Waals surface area (Å²) in [4.78, 5) is 2.72. The fraction of sp³-hybridized carbons (Fsp3) is 0.118. The lowest BCUT2D eigenvalue weighted by Gasteiger charge is -2.08. The van der Waals surface area contributed by atoms with Crippen molar-refractivity contribution in [2.24, 2.45) is 0 Å². The van der Waals surface area contributed by atoms with Gasteiger partial charge in [0.2, 0.25) is 9.84 Å². The van der Waals surface area contributed by atoms with Crippen molar-refractivity contribution in [2.45, 2.75) is 18.0 Å². The molecule has 0 saturated carbocycles. The van der Waals surface area contributed by atoms with Crippen LogP contribution in [-0.2, 0) is 16.0 Å². The lowest BCUT2D eigenvalue weighted by molar-refractivity contribution is -0.137. The van der Waals surface area contributed by atoms with Crippen LogP contribution in [0.25, 0.3) is 10.9 Å². The van der Waals surface area contributed by atoms with Crippen molar-refractivity contribution in [3.8, 4) is 0 Å². The molecule has 0 aliphatic heterocycles. The molecule has 8 heteroatoms. The van der Waals surface area contributed by atoms with E-state index < -0.39 is 32.4 Å². The van der Waals surface area contributed by atoms with E-state index in [9.17, 15) is 26.0 Å². The largest absolute Gasteiger partial charge is 0.416 e. The number of alkyl halides is 3. The van der Waals surface area contributed by atoms with Gasteiger partial charge in [-0.1, -0.05) is 17.7 Å². The van der Waals surface area contributed by atoms with E-state index in [2.05, 4.69) is 4.85 Å². The molecule has 0 radical (unpaired) electrons. The molecule has 0 saturated heterocycles. The zero-order chi connectivity index (χ0) is 18.8. The summed E-state index contributed by atoms with van der Waals surface area (Å²) in [6, 6.07) is 7.23. The summed E-state index contributed by atoms with van der Waals surface area (Å²) in [7, 11) is -4.22. The average Bonchev–Trinajstić information content (AvgIpc) is 2.51.